The van der Waals surface area contributed by atoms with Crippen LogP contribution in [0.1, 0.15) is 11.4 Å². The first-order chi connectivity index (χ1) is 9.76. The van der Waals surface area contributed by atoms with E-state index >= 15 is 0 Å². The van der Waals surface area contributed by atoms with Gasteiger partial charge in [-0.15, -0.1) is 11.8 Å². The average Bonchev–Trinajstić information content (AvgIpc) is 2.81. The number of imidazole rings is 1. The maximum absolute atomic E-state index is 9.50. The van der Waals surface area contributed by atoms with Crippen molar-refractivity contribution in [2.45, 2.75) is 11.8 Å². The van der Waals surface area contributed by atoms with Crippen molar-refractivity contribution < 1.29 is 0 Å². The van der Waals surface area contributed by atoms with Crippen molar-refractivity contribution in [3.8, 4) is 11.8 Å². The Hall–Kier alpha value is -2.25. The second-order valence-electron chi connectivity index (χ2n) is 4.45. The zero-order chi connectivity index (χ0) is 14.1. The summed E-state index contributed by atoms with van der Waals surface area (Å²) >= 11 is 1.59. The molecule has 0 bridgehead atoms. The van der Waals surface area contributed by atoms with E-state index in [1.54, 1.807) is 11.8 Å². The van der Waals surface area contributed by atoms with Gasteiger partial charge in [0.05, 0.1) is 22.3 Å². The molecule has 1 aromatic heterocycles. The van der Waals surface area contributed by atoms with Crippen LogP contribution in [0.15, 0.2) is 47.4 Å². The molecule has 0 saturated carbocycles. The molecule has 0 N–H and O–H groups in total. The lowest BCUT2D eigenvalue weighted by atomic mass is 10.2. The Labute approximate surface area is 121 Å². The molecule has 1 heterocycles. The summed E-state index contributed by atoms with van der Waals surface area (Å²) < 4.78 is 2.05. The number of thioether (sulfide) groups is 1. The number of hydrogen-bond donors (Lipinski definition) is 0. The average molecular weight is 279 g/mol. The Balaban J connectivity index is 2.37. The van der Waals surface area contributed by atoms with Gasteiger partial charge >= 0.3 is 0 Å². The Morgan fingerprint density at radius 1 is 1.15 bits per heavy atom. The number of rotatable bonds is 2. The van der Waals surface area contributed by atoms with Crippen LogP contribution in [0.5, 0.6) is 0 Å². The summed E-state index contributed by atoms with van der Waals surface area (Å²) in [6, 6.07) is 16.2. The predicted molar refractivity (Wildman–Crippen MR) is 82.3 cm³/mol. The number of benzene rings is 2. The lowest BCUT2D eigenvalue weighted by molar-refractivity contribution is 0.990. The van der Waals surface area contributed by atoms with Crippen molar-refractivity contribution in [1.82, 2.24) is 9.55 Å². The first-order valence-corrected chi connectivity index (χ1v) is 7.50. The predicted octanol–water partition coefficient (Wildman–Crippen LogP) is 3.93. The highest BCUT2D eigenvalue weighted by atomic mass is 32.2. The minimum absolute atomic E-state index is 0.700. The molecule has 0 amide bonds. The molecular formula is C16H13N3S. The Morgan fingerprint density at radius 3 is 2.70 bits per heavy atom. The van der Waals surface area contributed by atoms with Gasteiger partial charge in [-0.3, -0.25) is 4.57 Å². The summed E-state index contributed by atoms with van der Waals surface area (Å²) in [7, 11) is 0. The molecule has 0 unspecified atom stereocenters. The monoisotopic (exact) mass is 279 g/mol. The fourth-order valence-corrected chi connectivity index (χ4v) is 3.01. The Bertz CT molecular complexity index is 827. The summed E-state index contributed by atoms with van der Waals surface area (Å²) in [5, 5.41) is 9.50. The van der Waals surface area contributed by atoms with Crippen LogP contribution in [0.25, 0.3) is 16.7 Å². The molecule has 0 aliphatic carbocycles. The maximum Gasteiger partial charge on any atom is 0.111 e. The van der Waals surface area contributed by atoms with E-state index in [4.69, 9.17) is 0 Å². The third-order valence-corrected chi connectivity index (χ3v) is 4.09. The number of para-hydroxylation sites is 2. The van der Waals surface area contributed by atoms with Crippen molar-refractivity contribution in [2.75, 3.05) is 6.26 Å². The number of fused-ring (bicyclic) bond motifs is 1. The van der Waals surface area contributed by atoms with E-state index in [1.807, 2.05) is 60.2 Å². The van der Waals surface area contributed by atoms with E-state index in [0.717, 1.165) is 27.4 Å². The van der Waals surface area contributed by atoms with Gasteiger partial charge in [-0.1, -0.05) is 18.2 Å². The molecule has 0 radical (unpaired) electrons. The molecule has 2 aromatic carbocycles. The molecule has 4 heteroatoms. The third kappa shape index (κ3) is 1.87. The molecule has 3 aromatic rings. The quantitative estimate of drug-likeness (QED) is 0.667. The second kappa shape index (κ2) is 5.03. The van der Waals surface area contributed by atoms with Crippen LogP contribution in [-0.2, 0) is 0 Å². The van der Waals surface area contributed by atoms with E-state index in [2.05, 4.69) is 11.1 Å². The fraction of sp³-hybridized carbons (Fsp3) is 0.125. The van der Waals surface area contributed by atoms with Crippen LogP contribution >= 0.6 is 11.8 Å². The summed E-state index contributed by atoms with van der Waals surface area (Å²) in [6.07, 6.45) is 1.98. The third-order valence-electron chi connectivity index (χ3n) is 3.31. The molecule has 3 nitrogen and oxygen atoms in total. The minimum atomic E-state index is 0.700. The SMILES string of the molecule is CSc1cccc(-n2c(C)nc3ccccc32)c1C#N. The number of aromatic nitrogens is 2. The molecule has 0 atom stereocenters. The molecule has 0 aliphatic heterocycles. The van der Waals surface area contributed by atoms with Crippen LogP contribution in [-0.4, -0.2) is 15.8 Å². The number of hydrogen-bond acceptors (Lipinski definition) is 3. The van der Waals surface area contributed by atoms with Crippen LogP contribution in [0, 0.1) is 18.3 Å². The lowest BCUT2D eigenvalue weighted by Crippen LogP contribution is -2.01. The molecule has 98 valence electrons. The molecule has 0 saturated heterocycles. The molecule has 0 spiro atoms. The van der Waals surface area contributed by atoms with Crippen molar-refractivity contribution in [1.29, 1.82) is 5.26 Å². The molecule has 20 heavy (non-hydrogen) atoms. The standard InChI is InChI=1S/C16H13N3S/c1-11-18-13-6-3-4-7-15(13)19(11)14-8-5-9-16(20-2)12(14)10-17/h3-9H,1-2H3. The van der Waals surface area contributed by atoms with Crippen molar-refractivity contribution >= 4 is 22.8 Å². The van der Waals surface area contributed by atoms with Gasteiger partial charge in [-0.2, -0.15) is 5.26 Å². The van der Waals surface area contributed by atoms with Gasteiger partial charge in [-0.05, 0) is 37.4 Å². The highest BCUT2D eigenvalue weighted by Crippen LogP contribution is 2.29. The smallest absolute Gasteiger partial charge is 0.111 e. The highest BCUT2D eigenvalue weighted by molar-refractivity contribution is 7.98. The fourth-order valence-electron chi connectivity index (χ4n) is 2.44. The van der Waals surface area contributed by atoms with Crippen LogP contribution < -0.4 is 0 Å². The van der Waals surface area contributed by atoms with Gasteiger partial charge in [0.2, 0.25) is 0 Å². The number of nitrogens with zero attached hydrogens (tertiary/aromatic N) is 3. The summed E-state index contributed by atoms with van der Waals surface area (Å²) in [5.74, 6) is 0.890. The maximum atomic E-state index is 9.50. The van der Waals surface area contributed by atoms with Gasteiger partial charge in [0.15, 0.2) is 0 Å². The van der Waals surface area contributed by atoms with Crippen molar-refractivity contribution in [3.63, 3.8) is 0 Å². The van der Waals surface area contributed by atoms with Gasteiger partial charge < -0.3 is 0 Å². The summed E-state index contributed by atoms with van der Waals surface area (Å²) in [4.78, 5) is 5.56. The Kier molecular flexibility index (Phi) is 3.21. The zero-order valence-corrected chi connectivity index (χ0v) is 12.1. The van der Waals surface area contributed by atoms with E-state index < -0.39 is 0 Å². The largest absolute Gasteiger partial charge is 0.295 e. The molecular weight excluding hydrogens is 266 g/mol. The van der Waals surface area contributed by atoms with Gasteiger partial charge in [0.1, 0.15) is 11.9 Å². The van der Waals surface area contributed by atoms with E-state index in [-0.39, 0.29) is 0 Å². The van der Waals surface area contributed by atoms with Gasteiger partial charge in [-0.25, -0.2) is 4.98 Å². The molecule has 0 fully saturated rings. The first-order valence-electron chi connectivity index (χ1n) is 6.28. The molecule has 3 rings (SSSR count). The minimum Gasteiger partial charge on any atom is -0.295 e. The highest BCUT2D eigenvalue weighted by Gasteiger charge is 2.14. The summed E-state index contributed by atoms with van der Waals surface area (Å²) in [6.45, 7) is 1.97. The van der Waals surface area contributed by atoms with Crippen LogP contribution in [0.2, 0.25) is 0 Å². The second-order valence-corrected chi connectivity index (χ2v) is 5.30. The van der Waals surface area contributed by atoms with E-state index in [0.29, 0.717) is 5.56 Å². The van der Waals surface area contributed by atoms with Gasteiger partial charge in [0, 0.05) is 4.90 Å². The number of nitriles is 1. The number of aryl methyl sites for hydroxylation is 1. The van der Waals surface area contributed by atoms with Gasteiger partial charge in [0.25, 0.3) is 0 Å². The molecule has 0 aliphatic rings. The Morgan fingerprint density at radius 2 is 1.95 bits per heavy atom. The van der Waals surface area contributed by atoms with Crippen LogP contribution in [0.3, 0.4) is 0 Å². The van der Waals surface area contributed by atoms with E-state index in [1.165, 1.54) is 0 Å². The lowest BCUT2D eigenvalue weighted by Gasteiger charge is -2.11. The first kappa shape index (κ1) is 12.8. The van der Waals surface area contributed by atoms with E-state index in [9.17, 15) is 5.26 Å². The van der Waals surface area contributed by atoms with Crippen molar-refractivity contribution in [2.24, 2.45) is 0 Å². The summed E-state index contributed by atoms with van der Waals surface area (Å²) in [5.41, 5.74) is 3.57. The zero-order valence-electron chi connectivity index (χ0n) is 11.3. The van der Waals surface area contributed by atoms with Crippen LogP contribution in [0.4, 0.5) is 0 Å². The topological polar surface area (TPSA) is 41.6 Å². The van der Waals surface area contributed by atoms with Crippen molar-refractivity contribution in [3.05, 3.63) is 53.9 Å². The normalized spacial score (nSPS) is 10.7.